The van der Waals surface area contributed by atoms with Crippen LogP contribution >= 0.6 is 0 Å². The van der Waals surface area contributed by atoms with Gasteiger partial charge in [-0.15, -0.1) is 0 Å². The van der Waals surface area contributed by atoms with Crippen LogP contribution in [0.25, 0.3) is 10.9 Å². The molecule has 0 spiro atoms. The van der Waals surface area contributed by atoms with Gasteiger partial charge in [-0.2, -0.15) is 0 Å². The van der Waals surface area contributed by atoms with Crippen LogP contribution in [0.5, 0.6) is 0 Å². The molecule has 1 saturated heterocycles. The Balaban J connectivity index is 1.42. The number of anilines is 1. The molecule has 3 atom stereocenters. The summed E-state index contributed by atoms with van der Waals surface area (Å²) < 4.78 is 34.9. The van der Waals surface area contributed by atoms with E-state index in [9.17, 15) is 18.3 Å². The number of carbonyl (C=O) groups is 1. The summed E-state index contributed by atoms with van der Waals surface area (Å²) in [7, 11) is -1.98. The zero-order valence-electron chi connectivity index (χ0n) is 24.4. The number of hydrogen-bond acceptors (Lipinski definition) is 6. The number of benzene rings is 2. The minimum absolute atomic E-state index is 0.00467. The fourth-order valence-corrected chi connectivity index (χ4v) is 7.20. The molecule has 2 aliphatic rings. The van der Waals surface area contributed by atoms with Gasteiger partial charge in [0.05, 0.1) is 34.7 Å². The number of carbonyl (C=O) groups excluding carboxylic acids is 1. The highest BCUT2D eigenvalue weighted by molar-refractivity contribution is 7.92. The molecule has 0 radical (unpaired) electrons. The summed E-state index contributed by atoms with van der Waals surface area (Å²) in [4.78, 5) is 13.8. The van der Waals surface area contributed by atoms with Crippen LogP contribution in [0.4, 0.5) is 5.69 Å². The fourth-order valence-electron chi connectivity index (χ4n) is 6.06. The molecule has 2 aromatic carbocycles. The lowest BCUT2D eigenvalue weighted by Crippen LogP contribution is -2.52. The first-order valence-electron chi connectivity index (χ1n) is 14.5. The minimum Gasteiger partial charge on any atom is -0.390 e. The first-order chi connectivity index (χ1) is 19.5. The molecule has 3 N–H and O–H groups in total. The number of aliphatic hydroxyl groups is 1. The van der Waals surface area contributed by atoms with Crippen molar-refractivity contribution < 1.29 is 23.1 Å². The summed E-state index contributed by atoms with van der Waals surface area (Å²) in [6, 6.07) is 13.0. The maximum absolute atomic E-state index is 13.8. The van der Waals surface area contributed by atoms with E-state index in [1.165, 1.54) is 4.31 Å². The number of sulfonamides is 1. The van der Waals surface area contributed by atoms with Crippen molar-refractivity contribution >= 4 is 32.5 Å². The summed E-state index contributed by atoms with van der Waals surface area (Å²) >= 11 is 0. The Labute approximate surface area is 242 Å². The number of nitrogens with zero attached hydrogens (tertiary/aromatic N) is 2. The van der Waals surface area contributed by atoms with Gasteiger partial charge in [0, 0.05) is 49.9 Å². The SMILES string of the molecule is CCc1cn2c3c(cc(C(=O)N[C@@H](Cc4ccccc4)[C@H](O)CNC4CCOC(C)(C)C4)cc13)N(C)S(=O)(=O)CC2. The van der Waals surface area contributed by atoms with Crippen molar-refractivity contribution in [1.82, 2.24) is 15.2 Å². The van der Waals surface area contributed by atoms with Gasteiger partial charge in [0.2, 0.25) is 10.0 Å². The first-order valence-corrected chi connectivity index (χ1v) is 16.1. The summed E-state index contributed by atoms with van der Waals surface area (Å²) in [6.07, 6.45) is 4.07. The van der Waals surface area contributed by atoms with Crippen LogP contribution in [-0.2, 0) is 34.1 Å². The molecule has 2 aliphatic heterocycles. The highest BCUT2D eigenvalue weighted by atomic mass is 32.2. The Morgan fingerprint density at radius 2 is 1.98 bits per heavy atom. The lowest BCUT2D eigenvalue weighted by Gasteiger charge is -2.36. The van der Waals surface area contributed by atoms with Gasteiger partial charge >= 0.3 is 0 Å². The molecule has 1 aromatic heterocycles. The lowest BCUT2D eigenvalue weighted by molar-refractivity contribution is -0.0641. The van der Waals surface area contributed by atoms with Crippen molar-refractivity contribution in [3.05, 3.63) is 65.4 Å². The Kier molecular flexibility index (Phi) is 8.48. The number of amides is 1. The molecule has 222 valence electrons. The molecule has 9 nitrogen and oxygen atoms in total. The van der Waals surface area contributed by atoms with Gasteiger partial charge in [-0.3, -0.25) is 9.10 Å². The Morgan fingerprint density at radius 3 is 2.68 bits per heavy atom. The first kappa shape index (κ1) is 29.6. The smallest absolute Gasteiger partial charge is 0.251 e. The van der Waals surface area contributed by atoms with E-state index >= 15 is 0 Å². The molecular weight excluding hydrogens is 540 g/mol. The number of hydrogen-bond donors (Lipinski definition) is 3. The molecule has 0 saturated carbocycles. The number of aliphatic hydroxyl groups excluding tert-OH is 1. The van der Waals surface area contributed by atoms with Gasteiger partial charge in [-0.05, 0) is 62.8 Å². The summed E-state index contributed by atoms with van der Waals surface area (Å²) in [5.74, 6) is -0.352. The highest BCUT2D eigenvalue weighted by Crippen LogP contribution is 2.35. The van der Waals surface area contributed by atoms with E-state index in [1.54, 1.807) is 13.1 Å². The topological polar surface area (TPSA) is 113 Å². The number of nitrogens with one attached hydrogen (secondary N) is 2. The third-order valence-corrected chi connectivity index (χ3v) is 10.1. The van der Waals surface area contributed by atoms with Crippen LogP contribution in [0.3, 0.4) is 0 Å². The molecule has 5 rings (SSSR count). The van der Waals surface area contributed by atoms with Crippen molar-refractivity contribution in [2.75, 3.05) is 30.3 Å². The van der Waals surface area contributed by atoms with Crippen LogP contribution in [0.1, 0.15) is 55.1 Å². The Morgan fingerprint density at radius 1 is 1.22 bits per heavy atom. The van der Waals surface area contributed by atoms with Gasteiger partial charge in [0.25, 0.3) is 5.91 Å². The molecular formula is C31H42N4O5S. The number of aryl methyl sites for hydroxylation is 2. The molecule has 0 bridgehead atoms. The van der Waals surface area contributed by atoms with Crippen LogP contribution in [0.2, 0.25) is 0 Å². The molecule has 1 amide bonds. The largest absolute Gasteiger partial charge is 0.390 e. The molecule has 1 unspecified atom stereocenters. The van der Waals surface area contributed by atoms with Gasteiger partial charge in [0.1, 0.15) is 0 Å². The third kappa shape index (κ3) is 6.45. The fraction of sp³-hybridized carbons (Fsp3) is 0.516. The van der Waals surface area contributed by atoms with Crippen LogP contribution in [0, 0.1) is 0 Å². The molecule has 0 aliphatic carbocycles. The van der Waals surface area contributed by atoms with E-state index in [2.05, 4.69) is 31.4 Å². The number of ether oxygens (including phenoxy) is 1. The van der Waals surface area contributed by atoms with Gasteiger partial charge in [-0.25, -0.2) is 8.42 Å². The minimum atomic E-state index is -3.52. The van der Waals surface area contributed by atoms with Crippen molar-refractivity contribution in [3.63, 3.8) is 0 Å². The second-order valence-corrected chi connectivity index (χ2v) is 14.0. The summed E-state index contributed by atoms with van der Waals surface area (Å²) in [5, 5.41) is 18.8. The van der Waals surface area contributed by atoms with Crippen LogP contribution in [0.15, 0.2) is 48.7 Å². The van der Waals surface area contributed by atoms with Gasteiger partial charge in [-0.1, -0.05) is 37.3 Å². The molecule has 41 heavy (non-hydrogen) atoms. The van der Waals surface area contributed by atoms with E-state index < -0.39 is 22.2 Å². The van der Waals surface area contributed by atoms with Crippen molar-refractivity contribution in [1.29, 1.82) is 0 Å². The zero-order valence-corrected chi connectivity index (χ0v) is 25.2. The maximum atomic E-state index is 13.8. The summed E-state index contributed by atoms with van der Waals surface area (Å²) in [5.41, 5.74) is 3.54. The van der Waals surface area contributed by atoms with E-state index in [0.717, 1.165) is 41.3 Å². The molecule has 3 aromatic rings. The predicted molar refractivity (Wildman–Crippen MR) is 162 cm³/mol. The number of rotatable bonds is 9. The van der Waals surface area contributed by atoms with Crippen LogP contribution < -0.4 is 14.9 Å². The number of aromatic nitrogens is 1. The quantitative estimate of drug-likeness (QED) is 0.357. The van der Waals surface area contributed by atoms with Crippen molar-refractivity contribution in [2.24, 2.45) is 0 Å². The lowest BCUT2D eigenvalue weighted by atomic mass is 9.93. The van der Waals surface area contributed by atoms with Crippen molar-refractivity contribution in [3.8, 4) is 0 Å². The highest BCUT2D eigenvalue weighted by Gasteiger charge is 2.31. The average molecular weight is 583 g/mol. The zero-order chi connectivity index (χ0) is 29.4. The van der Waals surface area contributed by atoms with E-state index in [4.69, 9.17) is 4.74 Å². The van der Waals surface area contributed by atoms with Gasteiger partial charge in [0.15, 0.2) is 0 Å². The van der Waals surface area contributed by atoms with Crippen molar-refractivity contribution in [2.45, 2.75) is 76.8 Å². The molecule has 1 fully saturated rings. The normalized spacial score (nSPS) is 21.3. The predicted octanol–water partition coefficient (Wildman–Crippen LogP) is 3.23. The van der Waals surface area contributed by atoms with E-state index in [0.29, 0.717) is 37.4 Å². The Hall–Kier alpha value is -2.92. The van der Waals surface area contributed by atoms with E-state index in [1.807, 2.05) is 47.2 Å². The standard InChI is InChI=1S/C31H42N4O5S/c1-5-22-20-35-12-14-41(38,39)34(4)27-17-23(16-25(22)29(27)35)30(37)33-26(15-21-9-7-6-8-10-21)28(36)19-32-24-11-13-40-31(2,3)18-24/h6-10,16-17,20,24,26,28,32,36H,5,11-15,18-19H2,1-4H3,(H,33,37)/t24?,26-,28+/m0/s1. The molecule has 10 heteroatoms. The average Bonchev–Trinajstić information content (AvgIpc) is 3.27. The summed E-state index contributed by atoms with van der Waals surface area (Å²) in [6.45, 7) is 7.56. The maximum Gasteiger partial charge on any atom is 0.251 e. The van der Waals surface area contributed by atoms with E-state index in [-0.39, 0.29) is 23.3 Å². The monoisotopic (exact) mass is 582 g/mol. The second kappa shape index (κ2) is 11.8. The molecule has 3 heterocycles. The van der Waals surface area contributed by atoms with Crippen LogP contribution in [-0.4, -0.2) is 73.7 Å². The third-order valence-electron chi connectivity index (χ3n) is 8.42. The second-order valence-electron chi connectivity index (χ2n) is 11.9. The Bertz CT molecular complexity index is 1500. The van der Waals surface area contributed by atoms with Gasteiger partial charge < -0.3 is 25.0 Å².